The minimum Gasteiger partial charge on any atom is -0.447 e. The van der Waals surface area contributed by atoms with E-state index in [4.69, 9.17) is 4.74 Å². The van der Waals surface area contributed by atoms with E-state index in [0.29, 0.717) is 0 Å². The maximum Gasteiger partial charge on any atom is 0.304 e. The predicted molar refractivity (Wildman–Crippen MR) is 78.2 cm³/mol. The second-order valence-corrected chi connectivity index (χ2v) is 4.71. The van der Waals surface area contributed by atoms with Crippen LogP contribution in [0.15, 0.2) is 24.3 Å². The molecular formula is C15H24N2O2. The SMILES string of the molecule is CCN(C)c1ccccc1C(C)NC(C)OC(C)=O. The number of rotatable bonds is 6. The number of carbonyl (C=O) groups excluding carboxylic acids is 1. The first-order valence-electron chi connectivity index (χ1n) is 6.69. The highest BCUT2D eigenvalue weighted by Gasteiger charge is 2.15. The summed E-state index contributed by atoms with van der Waals surface area (Å²) >= 11 is 0. The van der Waals surface area contributed by atoms with Crippen LogP contribution in [0.5, 0.6) is 0 Å². The smallest absolute Gasteiger partial charge is 0.304 e. The number of anilines is 1. The van der Waals surface area contributed by atoms with Crippen LogP contribution in [0.2, 0.25) is 0 Å². The maximum atomic E-state index is 10.9. The third-order valence-electron chi connectivity index (χ3n) is 3.12. The second kappa shape index (κ2) is 7.14. The molecule has 2 unspecified atom stereocenters. The molecule has 1 aromatic rings. The Morgan fingerprint density at radius 3 is 2.58 bits per heavy atom. The van der Waals surface area contributed by atoms with Crippen molar-refractivity contribution in [2.45, 2.75) is 40.0 Å². The lowest BCUT2D eigenvalue weighted by Gasteiger charge is -2.26. The fraction of sp³-hybridized carbons (Fsp3) is 0.533. The summed E-state index contributed by atoms with van der Waals surface area (Å²) in [7, 11) is 2.07. The van der Waals surface area contributed by atoms with Crippen LogP contribution in [0.4, 0.5) is 5.69 Å². The molecule has 0 fully saturated rings. The van der Waals surface area contributed by atoms with Crippen molar-refractivity contribution >= 4 is 11.7 Å². The van der Waals surface area contributed by atoms with E-state index in [1.54, 1.807) is 0 Å². The number of esters is 1. The van der Waals surface area contributed by atoms with Gasteiger partial charge in [-0.2, -0.15) is 0 Å². The number of benzene rings is 1. The normalized spacial score (nSPS) is 13.7. The standard InChI is InChI=1S/C15H24N2O2/c1-6-17(5)15-10-8-7-9-14(15)11(2)16-12(3)19-13(4)18/h7-12,16H,6H2,1-5H3. The van der Waals surface area contributed by atoms with E-state index >= 15 is 0 Å². The zero-order chi connectivity index (χ0) is 14.4. The number of carbonyl (C=O) groups is 1. The van der Waals surface area contributed by atoms with Crippen LogP contribution in [0.1, 0.15) is 39.3 Å². The lowest BCUT2D eigenvalue weighted by Crippen LogP contribution is -2.33. The van der Waals surface area contributed by atoms with Crippen molar-refractivity contribution in [1.29, 1.82) is 0 Å². The summed E-state index contributed by atoms with van der Waals surface area (Å²) in [5.74, 6) is -0.272. The fourth-order valence-electron chi connectivity index (χ4n) is 2.10. The van der Waals surface area contributed by atoms with Gasteiger partial charge >= 0.3 is 5.97 Å². The molecule has 0 saturated carbocycles. The van der Waals surface area contributed by atoms with Crippen LogP contribution >= 0.6 is 0 Å². The average molecular weight is 264 g/mol. The molecule has 0 aliphatic heterocycles. The summed E-state index contributed by atoms with van der Waals surface area (Å²) in [4.78, 5) is 13.1. The van der Waals surface area contributed by atoms with Gasteiger partial charge in [-0.1, -0.05) is 18.2 Å². The summed E-state index contributed by atoms with van der Waals surface area (Å²) in [5, 5.41) is 3.28. The monoisotopic (exact) mass is 264 g/mol. The molecule has 19 heavy (non-hydrogen) atoms. The molecule has 0 aliphatic carbocycles. The molecule has 1 N–H and O–H groups in total. The molecule has 1 rings (SSSR count). The molecule has 4 nitrogen and oxygen atoms in total. The summed E-state index contributed by atoms with van der Waals surface area (Å²) < 4.78 is 5.11. The molecule has 0 heterocycles. The largest absolute Gasteiger partial charge is 0.447 e. The topological polar surface area (TPSA) is 41.6 Å². The Hall–Kier alpha value is -1.55. The molecule has 0 aromatic heterocycles. The third kappa shape index (κ3) is 4.56. The first kappa shape index (κ1) is 15.5. The zero-order valence-electron chi connectivity index (χ0n) is 12.4. The van der Waals surface area contributed by atoms with E-state index in [2.05, 4.69) is 43.2 Å². The molecule has 0 bridgehead atoms. The number of ether oxygens (including phenoxy) is 1. The van der Waals surface area contributed by atoms with Crippen LogP contribution in [-0.4, -0.2) is 25.8 Å². The van der Waals surface area contributed by atoms with Gasteiger partial charge in [0.15, 0.2) is 6.23 Å². The van der Waals surface area contributed by atoms with Gasteiger partial charge in [0.05, 0.1) is 0 Å². The number of hydrogen-bond donors (Lipinski definition) is 1. The van der Waals surface area contributed by atoms with Crippen LogP contribution in [0.25, 0.3) is 0 Å². The number of nitrogens with zero attached hydrogens (tertiary/aromatic N) is 1. The minimum absolute atomic E-state index is 0.111. The van der Waals surface area contributed by atoms with Gasteiger partial charge in [-0.15, -0.1) is 0 Å². The van der Waals surface area contributed by atoms with E-state index in [1.807, 2.05) is 19.1 Å². The van der Waals surface area contributed by atoms with Crippen molar-refractivity contribution in [1.82, 2.24) is 5.32 Å². The second-order valence-electron chi connectivity index (χ2n) is 4.71. The van der Waals surface area contributed by atoms with E-state index in [0.717, 1.165) is 6.54 Å². The molecule has 0 amide bonds. The van der Waals surface area contributed by atoms with Gasteiger partial charge in [0.25, 0.3) is 0 Å². The Kier molecular flexibility index (Phi) is 5.83. The molecule has 106 valence electrons. The van der Waals surface area contributed by atoms with E-state index < -0.39 is 0 Å². The Bertz CT molecular complexity index is 420. The van der Waals surface area contributed by atoms with Crippen molar-refractivity contribution in [3.63, 3.8) is 0 Å². The van der Waals surface area contributed by atoms with Gasteiger partial charge in [0.2, 0.25) is 0 Å². The third-order valence-corrected chi connectivity index (χ3v) is 3.12. The van der Waals surface area contributed by atoms with Gasteiger partial charge < -0.3 is 9.64 Å². The van der Waals surface area contributed by atoms with Crippen LogP contribution in [0.3, 0.4) is 0 Å². The molecule has 4 heteroatoms. The molecular weight excluding hydrogens is 240 g/mol. The number of hydrogen-bond acceptors (Lipinski definition) is 4. The highest BCUT2D eigenvalue weighted by molar-refractivity contribution is 5.66. The predicted octanol–water partition coefficient (Wildman–Crippen LogP) is 2.70. The van der Waals surface area contributed by atoms with Crippen LogP contribution < -0.4 is 10.2 Å². The Labute approximate surface area is 115 Å². The molecule has 0 radical (unpaired) electrons. The fourth-order valence-corrected chi connectivity index (χ4v) is 2.10. The van der Waals surface area contributed by atoms with Gasteiger partial charge in [0, 0.05) is 32.2 Å². The minimum atomic E-state index is -0.299. The molecule has 2 atom stereocenters. The zero-order valence-corrected chi connectivity index (χ0v) is 12.4. The Balaban J connectivity index is 2.81. The van der Waals surface area contributed by atoms with Crippen molar-refractivity contribution in [3.05, 3.63) is 29.8 Å². The molecule has 0 saturated heterocycles. The van der Waals surface area contributed by atoms with Gasteiger partial charge in [-0.05, 0) is 32.4 Å². The van der Waals surface area contributed by atoms with Crippen molar-refractivity contribution in [3.8, 4) is 0 Å². The highest BCUT2D eigenvalue weighted by atomic mass is 16.6. The first-order valence-corrected chi connectivity index (χ1v) is 6.69. The number of nitrogens with one attached hydrogen (secondary N) is 1. The highest BCUT2D eigenvalue weighted by Crippen LogP contribution is 2.25. The number of para-hydroxylation sites is 1. The van der Waals surface area contributed by atoms with Gasteiger partial charge in [-0.3, -0.25) is 10.1 Å². The van der Waals surface area contributed by atoms with Crippen molar-refractivity contribution in [2.24, 2.45) is 0 Å². The molecule has 0 spiro atoms. The maximum absolute atomic E-state index is 10.9. The lowest BCUT2D eigenvalue weighted by atomic mass is 10.1. The van der Waals surface area contributed by atoms with Gasteiger partial charge in [0.1, 0.15) is 0 Å². The Morgan fingerprint density at radius 1 is 1.37 bits per heavy atom. The summed E-state index contributed by atoms with van der Waals surface area (Å²) in [5.41, 5.74) is 2.39. The summed E-state index contributed by atoms with van der Waals surface area (Å²) in [6, 6.07) is 8.37. The van der Waals surface area contributed by atoms with Crippen molar-refractivity contribution < 1.29 is 9.53 Å². The first-order chi connectivity index (χ1) is 8.95. The van der Waals surface area contributed by atoms with Gasteiger partial charge in [-0.25, -0.2) is 0 Å². The van der Waals surface area contributed by atoms with Crippen LogP contribution in [0, 0.1) is 0 Å². The quantitative estimate of drug-likeness (QED) is 0.633. The Morgan fingerprint density at radius 2 is 2.00 bits per heavy atom. The summed E-state index contributed by atoms with van der Waals surface area (Å²) in [6.07, 6.45) is -0.299. The van der Waals surface area contributed by atoms with E-state index in [-0.39, 0.29) is 18.2 Å². The molecule has 0 aliphatic rings. The molecule has 1 aromatic carbocycles. The lowest BCUT2D eigenvalue weighted by molar-refractivity contribution is -0.147. The van der Waals surface area contributed by atoms with E-state index in [1.165, 1.54) is 18.2 Å². The van der Waals surface area contributed by atoms with Crippen molar-refractivity contribution in [2.75, 3.05) is 18.5 Å². The van der Waals surface area contributed by atoms with Crippen LogP contribution in [-0.2, 0) is 9.53 Å². The average Bonchev–Trinajstić information content (AvgIpc) is 2.36. The summed E-state index contributed by atoms with van der Waals surface area (Å²) in [6.45, 7) is 8.40. The van der Waals surface area contributed by atoms with E-state index in [9.17, 15) is 4.79 Å².